The highest BCUT2D eigenvalue weighted by Crippen LogP contribution is 2.49. The Bertz CT molecular complexity index is 635. The molecule has 2 saturated carbocycles. The van der Waals surface area contributed by atoms with E-state index in [1.807, 2.05) is 0 Å². The summed E-state index contributed by atoms with van der Waals surface area (Å²) in [6.45, 7) is 6.37. The Morgan fingerprint density at radius 1 is 1.15 bits per heavy atom. The minimum Gasteiger partial charge on any atom is -0.497 e. The van der Waals surface area contributed by atoms with Crippen LogP contribution in [0.2, 0.25) is 0 Å². The van der Waals surface area contributed by atoms with Gasteiger partial charge in [-0.05, 0) is 62.1 Å². The second kappa shape index (κ2) is 7.95. The number of rotatable bonds is 5. The SMILES string of the molecule is CCNC(=NCC1(c2ccc(OC)cc2)CC1)N1CCC2(CCC2)C1.I. The molecule has 3 fully saturated rings. The number of halogens is 1. The quantitative estimate of drug-likeness (QED) is 0.399. The third kappa shape index (κ3) is 3.82. The van der Waals surface area contributed by atoms with E-state index >= 15 is 0 Å². The molecule has 4 nitrogen and oxygen atoms in total. The van der Waals surface area contributed by atoms with Crippen molar-refractivity contribution in [3.8, 4) is 5.75 Å². The van der Waals surface area contributed by atoms with E-state index in [1.165, 1.54) is 57.2 Å². The summed E-state index contributed by atoms with van der Waals surface area (Å²) in [5.41, 5.74) is 2.27. The molecule has 0 bridgehead atoms. The van der Waals surface area contributed by atoms with E-state index in [4.69, 9.17) is 9.73 Å². The zero-order valence-corrected chi connectivity index (χ0v) is 18.4. The van der Waals surface area contributed by atoms with Gasteiger partial charge >= 0.3 is 0 Å². The van der Waals surface area contributed by atoms with E-state index in [0.29, 0.717) is 5.41 Å². The van der Waals surface area contributed by atoms with Gasteiger partial charge < -0.3 is 15.0 Å². The van der Waals surface area contributed by atoms with Crippen molar-refractivity contribution in [3.63, 3.8) is 0 Å². The van der Waals surface area contributed by atoms with E-state index in [0.717, 1.165) is 24.8 Å². The predicted molar refractivity (Wildman–Crippen MR) is 118 cm³/mol. The lowest BCUT2D eigenvalue weighted by Gasteiger charge is -2.38. The first-order valence-corrected chi connectivity index (χ1v) is 9.87. The molecule has 5 heteroatoms. The fourth-order valence-electron chi connectivity index (χ4n) is 4.49. The van der Waals surface area contributed by atoms with Gasteiger partial charge in [0.25, 0.3) is 0 Å². The van der Waals surface area contributed by atoms with Gasteiger partial charge in [0.2, 0.25) is 0 Å². The highest BCUT2D eigenvalue weighted by atomic mass is 127. The molecule has 2 aliphatic carbocycles. The second-order valence-electron chi connectivity index (χ2n) is 8.20. The highest BCUT2D eigenvalue weighted by molar-refractivity contribution is 14.0. The first-order valence-electron chi connectivity index (χ1n) is 9.87. The molecule has 0 atom stereocenters. The largest absolute Gasteiger partial charge is 0.497 e. The number of ether oxygens (including phenoxy) is 1. The van der Waals surface area contributed by atoms with E-state index in [9.17, 15) is 0 Å². The zero-order valence-electron chi connectivity index (χ0n) is 16.1. The summed E-state index contributed by atoms with van der Waals surface area (Å²) >= 11 is 0. The minimum atomic E-state index is 0. The molecule has 0 unspecified atom stereocenters. The summed E-state index contributed by atoms with van der Waals surface area (Å²) < 4.78 is 5.29. The summed E-state index contributed by atoms with van der Waals surface area (Å²) in [5, 5.41) is 3.54. The summed E-state index contributed by atoms with van der Waals surface area (Å²) in [4.78, 5) is 7.58. The summed E-state index contributed by atoms with van der Waals surface area (Å²) in [6, 6.07) is 8.58. The number of aliphatic imine (C=N–C) groups is 1. The maximum absolute atomic E-state index is 5.29. The molecule has 1 aromatic rings. The Kier molecular flexibility index (Phi) is 6.04. The molecular weight excluding hydrogens is 437 g/mol. The van der Waals surface area contributed by atoms with Gasteiger partial charge in [-0.15, -0.1) is 24.0 Å². The van der Waals surface area contributed by atoms with Crippen molar-refractivity contribution in [1.29, 1.82) is 0 Å². The van der Waals surface area contributed by atoms with E-state index in [1.54, 1.807) is 7.11 Å². The molecule has 1 aromatic carbocycles. The fraction of sp³-hybridized carbons (Fsp3) is 0.667. The van der Waals surface area contributed by atoms with E-state index in [2.05, 4.69) is 41.4 Å². The molecule has 26 heavy (non-hydrogen) atoms. The zero-order chi connectivity index (χ0) is 17.3. The van der Waals surface area contributed by atoms with Crippen molar-refractivity contribution in [2.45, 2.75) is 50.9 Å². The summed E-state index contributed by atoms with van der Waals surface area (Å²) in [5.74, 6) is 2.06. The van der Waals surface area contributed by atoms with Crippen LogP contribution in [0.3, 0.4) is 0 Å². The highest BCUT2D eigenvalue weighted by Gasteiger charge is 2.45. The second-order valence-corrected chi connectivity index (χ2v) is 8.20. The lowest BCUT2D eigenvalue weighted by molar-refractivity contribution is 0.151. The predicted octanol–water partition coefficient (Wildman–Crippen LogP) is 4.19. The van der Waals surface area contributed by atoms with Crippen molar-refractivity contribution in [2.24, 2.45) is 10.4 Å². The number of hydrogen-bond acceptors (Lipinski definition) is 2. The van der Waals surface area contributed by atoms with Crippen LogP contribution in [0.4, 0.5) is 0 Å². The molecule has 1 N–H and O–H groups in total. The molecule has 0 aromatic heterocycles. The van der Waals surface area contributed by atoms with E-state index in [-0.39, 0.29) is 29.4 Å². The normalized spacial score (nSPS) is 22.5. The first kappa shape index (κ1) is 19.8. The van der Waals surface area contributed by atoms with Crippen molar-refractivity contribution < 1.29 is 4.74 Å². The van der Waals surface area contributed by atoms with Gasteiger partial charge in [-0.2, -0.15) is 0 Å². The number of nitrogens with zero attached hydrogens (tertiary/aromatic N) is 2. The van der Waals surface area contributed by atoms with Crippen LogP contribution >= 0.6 is 24.0 Å². The van der Waals surface area contributed by atoms with Gasteiger partial charge in [0.05, 0.1) is 13.7 Å². The van der Waals surface area contributed by atoms with Crippen LogP contribution < -0.4 is 10.1 Å². The van der Waals surface area contributed by atoms with Crippen molar-refractivity contribution in [1.82, 2.24) is 10.2 Å². The molecule has 1 aliphatic heterocycles. The van der Waals surface area contributed by atoms with Crippen molar-refractivity contribution in [3.05, 3.63) is 29.8 Å². The van der Waals surface area contributed by atoms with Gasteiger partial charge in [0.1, 0.15) is 5.75 Å². The molecule has 0 radical (unpaired) electrons. The summed E-state index contributed by atoms with van der Waals surface area (Å²) in [7, 11) is 1.72. The maximum atomic E-state index is 5.29. The summed E-state index contributed by atoms with van der Waals surface area (Å²) in [6.07, 6.45) is 8.08. The molecule has 3 aliphatic rings. The third-order valence-electron chi connectivity index (χ3n) is 6.57. The lowest BCUT2D eigenvalue weighted by Crippen LogP contribution is -2.43. The molecule has 4 rings (SSSR count). The lowest BCUT2D eigenvalue weighted by atomic mass is 9.68. The van der Waals surface area contributed by atoms with Gasteiger partial charge in [0, 0.05) is 25.0 Å². The fourth-order valence-corrected chi connectivity index (χ4v) is 4.49. The van der Waals surface area contributed by atoms with Crippen LogP contribution in [0.1, 0.15) is 51.0 Å². The average Bonchev–Trinajstić information content (AvgIpc) is 3.26. The number of hydrogen-bond donors (Lipinski definition) is 1. The standard InChI is InChI=1S/C21H31N3O.HI/c1-3-22-19(24-14-13-20(16-24)9-4-10-20)23-15-21(11-12-21)17-5-7-18(25-2)8-6-17;/h5-8H,3-4,9-16H2,1-2H3,(H,22,23);1H. The monoisotopic (exact) mass is 469 g/mol. The molecule has 1 spiro atoms. The number of likely N-dealkylation sites (tertiary alicyclic amines) is 1. The van der Waals surface area contributed by atoms with Gasteiger partial charge in [0.15, 0.2) is 5.96 Å². The Morgan fingerprint density at radius 2 is 1.88 bits per heavy atom. The van der Waals surface area contributed by atoms with Crippen molar-refractivity contribution in [2.75, 3.05) is 33.3 Å². The Hall–Kier alpha value is -0.980. The Morgan fingerprint density at radius 3 is 2.38 bits per heavy atom. The van der Waals surface area contributed by atoms with Gasteiger partial charge in [-0.25, -0.2) is 0 Å². The molecule has 144 valence electrons. The third-order valence-corrected chi connectivity index (χ3v) is 6.57. The molecule has 0 amide bonds. The number of methoxy groups -OCH3 is 1. The number of nitrogens with one attached hydrogen (secondary N) is 1. The first-order chi connectivity index (χ1) is 12.2. The molecule has 1 saturated heterocycles. The molecule has 1 heterocycles. The van der Waals surface area contributed by atoms with E-state index < -0.39 is 0 Å². The van der Waals surface area contributed by atoms with Crippen LogP contribution in [0.25, 0.3) is 0 Å². The van der Waals surface area contributed by atoms with Gasteiger partial charge in [-0.1, -0.05) is 18.6 Å². The van der Waals surface area contributed by atoms with Crippen LogP contribution in [0.5, 0.6) is 5.75 Å². The van der Waals surface area contributed by atoms with Crippen LogP contribution in [-0.4, -0.2) is 44.1 Å². The average molecular weight is 469 g/mol. The number of benzene rings is 1. The topological polar surface area (TPSA) is 36.9 Å². The maximum Gasteiger partial charge on any atom is 0.193 e. The minimum absolute atomic E-state index is 0. The van der Waals surface area contributed by atoms with Crippen LogP contribution in [0, 0.1) is 5.41 Å². The number of guanidine groups is 1. The van der Waals surface area contributed by atoms with Gasteiger partial charge in [-0.3, -0.25) is 4.99 Å². The Labute approximate surface area is 174 Å². The molecular formula is C21H32IN3O. The van der Waals surface area contributed by atoms with Crippen LogP contribution in [0.15, 0.2) is 29.3 Å². The van der Waals surface area contributed by atoms with Crippen molar-refractivity contribution >= 4 is 29.9 Å². The smallest absolute Gasteiger partial charge is 0.193 e. The van der Waals surface area contributed by atoms with Crippen LogP contribution in [-0.2, 0) is 5.41 Å². The Balaban J connectivity index is 0.00000196.